The highest BCUT2D eigenvalue weighted by Crippen LogP contribution is 2.20. The number of hydrogen-bond acceptors (Lipinski definition) is 5. The van der Waals surface area contributed by atoms with Crippen LogP contribution in [-0.2, 0) is 14.8 Å². The fourth-order valence-corrected chi connectivity index (χ4v) is 4.23. The molecular weight excluding hydrogens is 296 g/mol. The van der Waals surface area contributed by atoms with E-state index in [1.807, 2.05) is 31.2 Å². The summed E-state index contributed by atoms with van der Waals surface area (Å²) < 4.78 is 30.6. The molecule has 0 amide bonds. The minimum absolute atomic E-state index is 0.104. The van der Waals surface area contributed by atoms with E-state index in [0.717, 1.165) is 4.90 Å². The van der Waals surface area contributed by atoms with E-state index in [0.29, 0.717) is 18.0 Å². The summed E-state index contributed by atoms with van der Waals surface area (Å²) in [5.41, 5.74) is 6.31. The van der Waals surface area contributed by atoms with Crippen molar-refractivity contribution in [1.29, 1.82) is 0 Å². The molecule has 1 atom stereocenters. The van der Waals surface area contributed by atoms with Gasteiger partial charge in [-0.25, -0.2) is 8.42 Å². The second kappa shape index (κ2) is 7.87. The molecule has 0 fully saturated rings. The van der Waals surface area contributed by atoms with Crippen LogP contribution in [0.1, 0.15) is 6.92 Å². The molecule has 1 aromatic rings. The van der Waals surface area contributed by atoms with Crippen molar-refractivity contribution in [2.75, 3.05) is 38.0 Å². The topological polar surface area (TPSA) is 72.6 Å². The van der Waals surface area contributed by atoms with E-state index in [2.05, 4.69) is 0 Å². The van der Waals surface area contributed by atoms with Crippen LogP contribution in [0.3, 0.4) is 0 Å². The predicted molar refractivity (Wildman–Crippen MR) is 84.5 cm³/mol. The first-order valence-corrected chi connectivity index (χ1v) is 8.89. The molecular formula is C13H22N2O3S2. The van der Waals surface area contributed by atoms with Crippen LogP contribution in [0, 0.1) is 0 Å². The number of benzene rings is 1. The molecule has 2 N–H and O–H groups in total. The van der Waals surface area contributed by atoms with Crippen molar-refractivity contribution in [3.63, 3.8) is 0 Å². The van der Waals surface area contributed by atoms with Gasteiger partial charge >= 0.3 is 0 Å². The maximum absolute atomic E-state index is 12.1. The SMILES string of the molecule is COCC(C)N(C)S(=O)(=O)CCSc1ccc(N)cc1. The number of nitrogens with zero attached hydrogens (tertiary/aromatic N) is 1. The molecule has 0 aromatic heterocycles. The van der Waals surface area contributed by atoms with Gasteiger partial charge in [0.2, 0.25) is 10.0 Å². The summed E-state index contributed by atoms with van der Waals surface area (Å²) in [7, 11) is -0.0986. The Hall–Kier alpha value is -0.760. The number of sulfonamides is 1. The summed E-state index contributed by atoms with van der Waals surface area (Å²) in [6, 6.07) is 7.24. The number of likely N-dealkylation sites (N-methyl/N-ethyl adjacent to an activating group) is 1. The minimum atomic E-state index is -3.25. The summed E-state index contributed by atoms with van der Waals surface area (Å²) in [6.07, 6.45) is 0. The van der Waals surface area contributed by atoms with Crippen molar-refractivity contribution >= 4 is 27.5 Å². The van der Waals surface area contributed by atoms with Crippen LogP contribution in [-0.4, -0.2) is 51.0 Å². The average molecular weight is 318 g/mol. The first-order chi connectivity index (χ1) is 9.36. The van der Waals surface area contributed by atoms with Crippen LogP contribution in [0.15, 0.2) is 29.2 Å². The van der Waals surface area contributed by atoms with Crippen molar-refractivity contribution in [3.8, 4) is 0 Å². The monoisotopic (exact) mass is 318 g/mol. The molecule has 7 heteroatoms. The highest BCUT2D eigenvalue weighted by molar-refractivity contribution is 8.00. The largest absolute Gasteiger partial charge is 0.399 e. The maximum Gasteiger partial charge on any atom is 0.214 e. The van der Waals surface area contributed by atoms with E-state index in [-0.39, 0.29) is 11.8 Å². The highest BCUT2D eigenvalue weighted by Gasteiger charge is 2.22. The van der Waals surface area contributed by atoms with Gasteiger partial charge in [-0.05, 0) is 31.2 Å². The molecule has 0 aliphatic carbocycles. The Bertz CT molecular complexity index is 503. The van der Waals surface area contributed by atoms with Gasteiger partial charge in [0.1, 0.15) is 0 Å². The zero-order valence-electron chi connectivity index (χ0n) is 12.1. The van der Waals surface area contributed by atoms with Gasteiger partial charge in [-0.2, -0.15) is 4.31 Å². The number of nitrogens with two attached hydrogens (primary N) is 1. The van der Waals surface area contributed by atoms with Gasteiger partial charge in [-0.3, -0.25) is 0 Å². The van der Waals surface area contributed by atoms with Crippen molar-refractivity contribution in [3.05, 3.63) is 24.3 Å². The number of nitrogen functional groups attached to an aromatic ring is 1. The lowest BCUT2D eigenvalue weighted by molar-refractivity contribution is 0.149. The molecule has 0 bridgehead atoms. The van der Waals surface area contributed by atoms with Gasteiger partial charge in [-0.1, -0.05) is 0 Å². The van der Waals surface area contributed by atoms with Crippen LogP contribution < -0.4 is 5.73 Å². The maximum atomic E-state index is 12.1. The molecule has 0 saturated heterocycles. The number of rotatable bonds is 8. The summed E-state index contributed by atoms with van der Waals surface area (Å²) >= 11 is 1.51. The van der Waals surface area contributed by atoms with Crippen LogP contribution in [0.4, 0.5) is 5.69 Å². The molecule has 1 aromatic carbocycles. The van der Waals surface area contributed by atoms with Crippen LogP contribution >= 0.6 is 11.8 Å². The smallest absolute Gasteiger partial charge is 0.214 e. The lowest BCUT2D eigenvalue weighted by Gasteiger charge is -2.23. The summed E-state index contributed by atoms with van der Waals surface area (Å²) in [4.78, 5) is 1.02. The Kier molecular flexibility index (Phi) is 6.81. The van der Waals surface area contributed by atoms with Crippen LogP contribution in [0.2, 0.25) is 0 Å². The van der Waals surface area contributed by atoms with E-state index in [4.69, 9.17) is 10.5 Å². The third kappa shape index (κ3) is 5.32. The predicted octanol–water partition coefficient (Wildman–Crippen LogP) is 1.66. The molecule has 0 aliphatic rings. The van der Waals surface area contributed by atoms with Crippen molar-refractivity contribution in [2.45, 2.75) is 17.9 Å². The van der Waals surface area contributed by atoms with Crippen molar-refractivity contribution < 1.29 is 13.2 Å². The van der Waals surface area contributed by atoms with E-state index in [9.17, 15) is 8.42 Å². The second-order valence-corrected chi connectivity index (χ2v) is 7.87. The summed E-state index contributed by atoms with van der Waals surface area (Å²) in [6.45, 7) is 2.22. The summed E-state index contributed by atoms with van der Waals surface area (Å²) in [5.74, 6) is 0.614. The van der Waals surface area contributed by atoms with E-state index in [1.165, 1.54) is 16.1 Å². The molecule has 0 heterocycles. The number of ether oxygens (including phenoxy) is 1. The molecule has 20 heavy (non-hydrogen) atoms. The Balaban J connectivity index is 2.49. The Labute approximate surface area is 125 Å². The van der Waals surface area contributed by atoms with Gasteiger partial charge in [0, 0.05) is 36.5 Å². The van der Waals surface area contributed by atoms with Crippen molar-refractivity contribution in [2.24, 2.45) is 0 Å². The molecule has 0 aliphatic heterocycles. The molecule has 1 rings (SSSR count). The Morgan fingerprint density at radius 1 is 1.35 bits per heavy atom. The standard InChI is InChI=1S/C13H22N2O3S2/c1-11(10-18-3)15(2)20(16,17)9-8-19-13-6-4-12(14)5-7-13/h4-7,11H,8-10,14H2,1-3H3. The number of methoxy groups -OCH3 is 1. The molecule has 0 spiro atoms. The zero-order valence-corrected chi connectivity index (χ0v) is 13.7. The Morgan fingerprint density at radius 2 is 1.95 bits per heavy atom. The van der Waals surface area contributed by atoms with Crippen LogP contribution in [0.5, 0.6) is 0 Å². The number of hydrogen-bond donors (Lipinski definition) is 1. The molecule has 114 valence electrons. The number of anilines is 1. The first kappa shape index (κ1) is 17.3. The minimum Gasteiger partial charge on any atom is -0.399 e. The highest BCUT2D eigenvalue weighted by atomic mass is 32.2. The van der Waals surface area contributed by atoms with E-state index < -0.39 is 10.0 Å². The van der Waals surface area contributed by atoms with Gasteiger partial charge in [0.25, 0.3) is 0 Å². The van der Waals surface area contributed by atoms with Gasteiger partial charge in [-0.15, -0.1) is 11.8 Å². The molecule has 0 saturated carbocycles. The fourth-order valence-electron chi connectivity index (χ4n) is 1.59. The second-order valence-electron chi connectivity index (χ2n) is 4.55. The van der Waals surface area contributed by atoms with Gasteiger partial charge < -0.3 is 10.5 Å². The number of thioether (sulfide) groups is 1. The molecule has 1 unspecified atom stereocenters. The van der Waals surface area contributed by atoms with Crippen LogP contribution in [0.25, 0.3) is 0 Å². The van der Waals surface area contributed by atoms with E-state index >= 15 is 0 Å². The van der Waals surface area contributed by atoms with Gasteiger partial charge in [0.15, 0.2) is 0 Å². The lowest BCUT2D eigenvalue weighted by Crippen LogP contribution is -2.39. The lowest BCUT2D eigenvalue weighted by atomic mass is 10.3. The van der Waals surface area contributed by atoms with E-state index in [1.54, 1.807) is 14.2 Å². The quantitative estimate of drug-likeness (QED) is 0.583. The van der Waals surface area contributed by atoms with Crippen molar-refractivity contribution in [1.82, 2.24) is 4.31 Å². The zero-order chi connectivity index (χ0) is 15.2. The fraction of sp³-hybridized carbons (Fsp3) is 0.538. The molecule has 0 radical (unpaired) electrons. The molecule has 5 nitrogen and oxygen atoms in total. The summed E-state index contributed by atoms with van der Waals surface area (Å²) in [5, 5.41) is 0. The first-order valence-electron chi connectivity index (χ1n) is 6.30. The third-order valence-corrected chi connectivity index (χ3v) is 6.19. The van der Waals surface area contributed by atoms with Gasteiger partial charge in [0.05, 0.1) is 12.4 Å². The third-order valence-electron chi connectivity index (χ3n) is 2.96. The normalized spacial score (nSPS) is 13.6. The Morgan fingerprint density at radius 3 is 2.50 bits per heavy atom. The average Bonchev–Trinajstić information content (AvgIpc) is 2.40.